The molecule has 352 valence electrons. The molecule has 5 aromatic rings. The third-order valence-corrected chi connectivity index (χ3v) is 13.3. The number of piperidine rings is 1. The van der Waals surface area contributed by atoms with Crippen molar-refractivity contribution in [3.8, 4) is 11.5 Å². The van der Waals surface area contributed by atoms with E-state index in [1.165, 1.54) is 0 Å². The van der Waals surface area contributed by atoms with Crippen LogP contribution >= 0.6 is 0 Å². The smallest absolute Gasteiger partial charge is 0.323 e. The van der Waals surface area contributed by atoms with Crippen LogP contribution in [0.5, 0.6) is 0 Å². The zero-order chi connectivity index (χ0) is 46.8. The van der Waals surface area contributed by atoms with Crippen LogP contribution in [0.4, 0.5) is 21.9 Å². The predicted molar refractivity (Wildman–Crippen MR) is 247 cm³/mol. The van der Waals surface area contributed by atoms with Gasteiger partial charge in [0.1, 0.15) is 11.7 Å². The number of carbonyl (C=O) groups is 5. The number of piperazine rings is 1. The van der Waals surface area contributed by atoms with Crippen molar-refractivity contribution >= 4 is 52.4 Å². The highest BCUT2D eigenvalue weighted by molar-refractivity contribution is 6.05. The van der Waals surface area contributed by atoms with Crippen molar-refractivity contribution in [2.24, 2.45) is 5.41 Å². The second kappa shape index (κ2) is 19.2. The van der Waals surface area contributed by atoms with Gasteiger partial charge < -0.3 is 29.7 Å². The second-order valence-corrected chi connectivity index (χ2v) is 19.1. The van der Waals surface area contributed by atoms with E-state index in [0.29, 0.717) is 46.7 Å². The van der Waals surface area contributed by atoms with Crippen LogP contribution in [0.3, 0.4) is 0 Å². The summed E-state index contributed by atoms with van der Waals surface area (Å²) in [7, 11) is 0. The number of aromatic nitrogens is 6. The van der Waals surface area contributed by atoms with E-state index in [2.05, 4.69) is 45.6 Å². The van der Waals surface area contributed by atoms with Crippen LogP contribution in [0.2, 0.25) is 0 Å². The van der Waals surface area contributed by atoms with Crippen LogP contribution in [0.25, 0.3) is 17.2 Å². The average Bonchev–Trinajstić information content (AvgIpc) is 4.15. The van der Waals surface area contributed by atoms with Gasteiger partial charge in [-0.3, -0.25) is 29.1 Å². The molecular weight excluding hydrogens is 857 g/mol. The fourth-order valence-electron chi connectivity index (χ4n) is 9.58. The summed E-state index contributed by atoms with van der Waals surface area (Å²) in [4.78, 5) is 86.1. The number of nitrogens with one attached hydrogen (secondary N) is 2. The fraction of sp³-hybridized carbons (Fsp3) is 0.500. The molecule has 1 aliphatic carbocycles. The van der Waals surface area contributed by atoms with Crippen LogP contribution in [-0.2, 0) is 32.1 Å². The third-order valence-electron chi connectivity index (χ3n) is 13.3. The lowest BCUT2D eigenvalue weighted by atomic mass is 9.97. The Labute approximate surface area is 388 Å². The van der Waals surface area contributed by atoms with Gasteiger partial charge in [0.25, 0.3) is 11.8 Å². The molecule has 3 aliphatic heterocycles. The van der Waals surface area contributed by atoms with E-state index < -0.39 is 36.0 Å². The zero-order valence-corrected chi connectivity index (χ0v) is 38.6. The van der Waals surface area contributed by atoms with Crippen molar-refractivity contribution in [3.05, 3.63) is 77.2 Å². The number of imide groups is 1. The number of aryl methyl sites for hydroxylation is 2. The first kappa shape index (κ1) is 45.4. The number of ether oxygens (including phenoxy) is 1. The Morgan fingerprint density at radius 1 is 0.925 bits per heavy atom. The first-order valence-electron chi connectivity index (χ1n) is 23.4. The van der Waals surface area contributed by atoms with Gasteiger partial charge in [0, 0.05) is 68.8 Å². The monoisotopic (exact) mass is 914 g/mol. The minimum absolute atomic E-state index is 0.0863. The second-order valence-electron chi connectivity index (χ2n) is 19.1. The number of likely N-dealkylation sites (tertiary alicyclic amines) is 1. The largest absolute Gasteiger partial charge is 0.443 e. The van der Waals surface area contributed by atoms with Gasteiger partial charge in [-0.1, -0.05) is 24.4 Å². The number of benzene rings is 1. The highest BCUT2D eigenvalue weighted by atomic mass is 16.5. The van der Waals surface area contributed by atoms with Gasteiger partial charge in [-0.2, -0.15) is 10.1 Å². The lowest BCUT2D eigenvalue weighted by Crippen LogP contribution is -2.55. The van der Waals surface area contributed by atoms with Crippen molar-refractivity contribution in [2.75, 3.05) is 55.0 Å². The van der Waals surface area contributed by atoms with Gasteiger partial charge in [-0.05, 0) is 102 Å². The highest BCUT2D eigenvalue weighted by Gasteiger charge is 2.43. The van der Waals surface area contributed by atoms with Crippen LogP contribution in [0, 0.1) is 12.3 Å². The normalized spacial score (nSPS) is 18.3. The molecule has 1 atom stereocenters. The van der Waals surface area contributed by atoms with Crippen LogP contribution in [0.15, 0.2) is 53.4 Å². The van der Waals surface area contributed by atoms with Crippen LogP contribution in [0.1, 0.15) is 118 Å². The molecular formula is C48H58N12O7. The van der Waals surface area contributed by atoms with E-state index in [0.717, 1.165) is 111 Å². The summed E-state index contributed by atoms with van der Waals surface area (Å²) < 4.78 is 12.7. The molecule has 2 N–H and O–H groups in total. The molecule has 4 aliphatic rings. The number of hydrogen-bond acceptors (Lipinski definition) is 14. The number of pyridine rings is 1. The number of rotatable bonds is 14. The summed E-state index contributed by atoms with van der Waals surface area (Å²) in [5, 5.41) is 14.6. The van der Waals surface area contributed by atoms with E-state index in [1.54, 1.807) is 44.3 Å². The minimum Gasteiger partial charge on any atom is -0.443 e. The molecule has 1 aromatic carbocycles. The number of fused-ring (bicyclic) bond motifs is 2. The summed E-state index contributed by atoms with van der Waals surface area (Å²) in [6, 6.07) is 8.38. The fourth-order valence-corrected chi connectivity index (χ4v) is 9.58. The van der Waals surface area contributed by atoms with E-state index in [4.69, 9.17) is 9.26 Å². The molecule has 2 saturated heterocycles. The summed E-state index contributed by atoms with van der Waals surface area (Å²) >= 11 is 0. The summed E-state index contributed by atoms with van der Waals surface area (Å²) in [6.07, 6.45) is 13.4. The van der Waals surface area contributed by atoms with Crippen molar-refractivity contribution < 1.29 is 33.2 Å². The number of hydrogen-bond donors (Lipinski definition) is 2. The summed E-state index contributed by atoms with van der Waals surface area (Å²) in [6.45, 7) is 11.4. The molecule has 1 saturated carbocycles. The summed E-state index contributed by atoms with van der Waals surface area (Å²) in [5.74, 6) is -0.391. The Kier molecular flexibility index (Phi) is 13.0. The van der Waals surface area contributed by atoms with Crippen LogP contribution in [-0.4, -0.2) is 120 Å². The SMILES string of the molecule is Cc1cc(NC(=O)Nc2cnc3ccnn3c2C2CCCC2)cnc1-c1noc(CCCCCN2CCN(c3ccc4c(c3)CN(C3CCC(=O)N(COC(=O)C(C)(C)C)C3=O)C4=O)CC2)n1. The Morgan fingerprint density at radius 2 is 1.73 bits per heavy atom. The van der Waals surface area contributed by atoms with Crippen molar-refractivity contribution in [1.82, 2.24) is 44.4 Å². The molecule has 4 aromatic heterocycles. The minimum atomic E-state index is -0.802. The molecule has 1 unspecified atom stereocenters. The lowest BCUT2D eigenvalue weighted by molar-refractivity contribution is -0.168. The van der Waals surface area contributed by atoms with Crippen LogP contribution < -0.4 is 15.5 Å². The summed E-state index contributed by atoms with van der Waals surface area (Å²) in [5.41, 5.74) is 6.00. The first-order valence-corrected chi connectivity index (χ1v) is 23.4. The number of amides is 5. The maximum Gasteiger partial charge on any atom is 0.323 e. The topological polar surface area (TPSA) is 214 Å². The zero-order valence-electron chi connectivity index (χ0n) is 38.6. The number of nitrogens with zero attached hydrogens (tertiary/aromatic N) is 10. The Balaban J connectivity index is 0.698. The molecule has 0 bridgehead atoms. The Hall–Kier alpha value is -6.76. The van der Waals surface area contributed by atoms with Crippen molar-refractivity contribution in [2.45, 2.75) is 110 Å². The standard InChI is InChI=1S/C48H58N12O7/c1-30-24-33(52-47(65)53-36-27-49-38-17-18-51-60(38)42(36)31-10-7-8-11-31)26-50-41(30)43-54-39(67-55-43)12-6-5-9-19-56-20-22-57(23-21-56)34-13-14-35-32(25-34)28-58(44(35)62)37-15-16-40(61)59(45(37)63)29-66-46(64)48(2,3)4/h13-14,17-18,24-27,31,37H,5-12,15-16,19-23,28-29H2,1-4H3,(H2,52,53,65). The quantitative estimate of drug-likeness (QED) is 0.0707. The van der Waals surface area contributed by atoms with Gasteiger partial charge >= 0.3 is 12.0 Å². The molecule has 19 nitrogen and oxygen atoms in total. The lowest BCUT2D eigenvalue weighted by Gasteiger charge is -2.36. The van der Waals surface area contributed by atoms with E-state index in [1.807, 2.05) is 41.8 Å². The molecule has 19 heteroatoms. The molecule has 0 spiro atoms. The number of unbranched alkanes of at least 4 members (excludes halogenated alkanes) is 2. The van der Waals surface area contributed by atoms with Crippen molar-refractivity contribution in [1.29, 1.82) is 0 Å². The average molecular weight is 915 g/mol. The predicted octanol–water partition coefficient (Wildman–Crippen LogP) is 6.34. The molecule has 0 radical (unpaired) electrons. The molecule has 5 amide bonds. The molecule has 67 heavy (non-hydrogen) atoms. The number of carbonyl (C=O) groups excluding carboxylic acids is 5. The van der Waals surface area contributed by atoms with Gasteiger partial charge in [0.2, 0.25) is 17.6 Å². The Bertz CT molecular complexity index is 2680. The van der Waals surface area contributed by atoms with Crippen molar-refractivity contribution in [3.63, 3.8) is 0 Å². The van der Waals surface area contributed by atoms with Gasteiger partial charge in [-0.25, -0.2) is 19.2 Å². The van der Waals surface area contributed by atoms with E-state index in [9.17, 15) is 24.0 Å². The van der Waals surface area contributed by atoms with Gasteiger partial charge in [-0.15, -0.1) is 0 Å². The molecule has 9 rings (SSSR count). The van der Waals surface area contributed by atoms with E-state index >= 15 is 0 Å². The van der Waals surface area contributed by atoms with E-state index in [-0.39, 0.29) is 31.3 Å². The number of urea groups is 1. The maximum atomic E-state index is 13.5. The maximum absolute atomic E-state index is 13.5. The van der Waals surface area contributed by atoms with Gasteiger partial charge in [0.05, 0.1) is 41.1 Å². The first-order chi connectivity index (χ1) is 32.3. The molecule has 3 fully saturated rings. The highest BCUT2D eigenvalue weighted by Crippen LogP contribution is 2.38. The number of anilines is 3. The third kappa shape index (κ3) is 9.87. The molecule has 7 heterocycles. The Morgan fingerprint density at radius 3 is 2.51 bits per heavy atom. The number of esters is 1. The van der Waals surface area contributed by atoms with Gasteiger partial charge in [0.15, 0.2) is 12.4 Å².